The van der Waals surface area contributed by atoms with Gasteiger partial charge in [-0.1, -0.05) is 159 Å². The Kier molecular flexibility index (Phi) is 6.45. The minimum absolute atomic E-state index is 0.0647. The van der Waals surface area contributed by atoms with Gasteiger partial charge in [0.15, 0.2) is 0 Å². The Hall–Kier alpha value is -5.40. The van der Waals surface area contributed by atoms with Crippen LogP contribution < -0.4 is 4.90 Å². The van der Waals surface area contributed by atoms with Gasteiger partial charge in [0.1, 0.15) is 0 Å². The molecule has 0 radical (unpaired) electrons. The molecule has 0 atom stereocenters. The molecule has 3 aliphatic rings. The number of hydrogen-bond acceptors (Lipinski definition) is 1. The molecular formula is C52H47N. The summed E-state index contributed by atoms with van der Waals surface area (Å²) in [7, 11) is 0. The lowest BCUT2D eigenvalue weighted by Crippen LogP contribution is -2.44. The van der Waals surface area contributed by atoms with Crippen LogP contribution in [0.1, 0.15) is 88.8 Å². The standard InChI is InChI=1S/C52H47N/c1-49(2)41-24-16-14-20-35(41)36-28-26-33(30-43(36)49)53(32-18-10-9-11-19-32)34-27-29-40-44(31-34)50(3,4)47-38-22-13-12-21-37(38)45-39-23-15-17-25-42(39)51(5,6)52(7,8)48(45)46(40)47/h9-31H,1-8H3. The average molecular weight is 686 g/mol. The molecule has 0 heterocycles. The van der Waals surface area contributed by atoms with Crippen molar-refractivity contribution in [2.75, 3.05) is 4.90 Å². The van der Waals surface area contributed by atoms with Crippen molar-refractivity contribution in [2.24, 2.45) is 0 Å². The monoisotopic (exact) mass is 685 g/mol. The van der Waals surface area contributed by atoms with Crippen molar-refractivity contribution in [3.63, 3.8) is 0 Å². The molecule has 3 aliphatic carbocycles. The Morgan fingerprint density at radius 3 is 1.55 bits per heavy atom. The van der Waals surface area contributed by atoms with Crippen LogP contribution in [0.2, 0.25) is 0 Å². The fraction of sp³-hybridized carbons (Fsp3) is 0.231. The van der Waals surface area contributed by atoms with E-state index in [1.165, 1.54) is 88.9 Å². The van der Waals surface area contributed by atoms with Crippen LogP contribution >= 0.6 is 0 Å². The second-order valence-corrected chi connectivity index (χ2v) is 17.8. The first kappa shape index (κ1) is 32.3. The largest absolute Gasteiger partial charge is 0.310 e. The summed E-state index contributed by atoms with van der Waals surface area (Å²) >= 11 is 0. The number of fused-ring (bicyclic) bond motifs is 13. The predicted octanol–water partition coefficient (Wildman–Crippen LogP) is 14.2. The summed E-state index contributed by atoms with van der Waals surface area (Å²) < 4.78 is 0. The smallest absolute Gasteiger partial charge is 0.0465 e. The van der Waals surface area contributed by atoms with Gasteiger partial charge in [-0.25, -0.2) is 0 Å². The maximum atomic E-state index is 2.51. The zero-order valence-electron chi connectivity index (χ0n) is 32.2. The molecule has 7 aromatic rings. The Bertz CT molecular complexity index is 2670. The van der Waals surface area contributed by atoms with Crippen molar-refractivity contribution in [1.29, 1.82) is 0 Å². The molecule has 0 amide bonds. The van der Waals surface area contributed by atoms with Crippen LogP contribution in [0, 0.1) is 0 Å². The van der Waals surface area contributed by atoms with Gasteiger partial charge in [-0.05, 0) is 119 Å². The highest BCUT2D eigenvalue weighted by Gasteiger charge is 2.51. The topological polar surface area (TPSA) is 3.24 Å². The van der Waals surface area contributed by atoms with Crippen molar-refractivity contribution in [3.8, 4) is 33.4 Å². The minimum atomic E-state index is -0.212. The summed E-state index contributed by atoms with van der Waals surface area (Å²) in [6, 6.07) is 52.6. The van der Waals surface area contributed by atoms with Crippen LogP contribution in [0.5, 0.6) is 0 Å². The number of hydrogen-bond donors (Lipinski definition) is 0. The molecular weight excluding hydrogens is 639 g/mol. The van der Waals surface area contributed by atoms with Gasteiger partial charge in [-0.2, -0.15) is 0 Å². The Balaban J connectivity index is 1.23. The van der Waals surface area contributed by atoms with Crippen molar-refractivity contribution in [3.05, 3.63) is 173 Å². The lowest BCUT2D eigenvalue weighted by molar-refractivity contribution is 0.300. The van der Waals surface area contributed by atoms with Crippen LogP contribution in [-0.4, -0.2) is 0 Å². The summed E-state index contributed by atoms with van der Waals surface area (Å²) in [5.74, 6) is 0. The first-order chi connectivity index (χ1) is 25.3. The van der Waals surface area contributed by atoms with Crippen molar-refractivity contribution in [2.45, 2.75) is 77.0 Å². The molecule has 53 heavy (non-hydrogen) atoms. The van der Waals surface area contributed by atoms with E-state index >= 15 is 0 Å². The first-order valence-corrected chi connectivity index (χ1v) is 19.3. The molecule has 0 unspecified atom stereocenters. The van der Waals surface area contributed by atoms with Gasteiger partial charge in [-0.3, -0.25) is 0 Å². The summed E-state index contributed by atoms with van der Waals surface area (Å²) in [6.45, 7) is 19.5. The lowest BCUT2D eigenvalue weighted by Gasteiger charge is -2.50. The van der Waals surface area contributed by atoms with E-state index in [1.54, 1.807) is 0 Å². The summed E-state index contributed by atoms with van der Waals surface area (Å²) in [4.78, 5) is 2.47. The van der Waals surface area contributed by atoms with Gasteiger partial charge in [0.25, 0.3) is 0 Å². The van der Waals surface area contributed by atoms with Crippen molar-refractivity contribution < 1.29 is 0 Å². The molecule has 0 fully saturated rings. The third-order valence-corrected chi connectivity index (χ3v) is 13.9. The van der Waals surface area contributed by atoms with Gasteiger partial charge < -0.3 is 4.90 Å². The third kappa shape index (κ3) is 4.09. The highest BCUT2D eigenvalue weighted by Crippen LogP contribution is 2.64. The minimum Gasteiger partial charge on any atom is -0.310 e. The Morgan fingerprint density at radius 2 is 0.849 bits per heavy atom. The van der Waals surface area contributed by atoms with Crippen LogP contribution in [0.3, 0.4) is 0 Å². The molecule has 10 rings (SSSR count). The van der Waals surface area contributed by atoms with E-state index < -0.39 is 0 Å². The molecule has 0 aromatic heterocycles. The molecule has 0 bridgehead atoms. The normalized spacial score (nSPS) is 17.3. The summed E-state index contributed by atoms with van der Waals surface area (Å²) in [6.07, 6.45) is 0. The fourth-order valence-electron chi connectivity index (χ4n) is 10.6. The number of nitrogens with zero attached hydrogens (tertiary/aromatic N) is 1. The van der Waals surface area contributed by atoms with E-state index in [-0.39, 0.29) is 21.7 Å². The van der Waals surface area contributed by atoms with Crippen LogP contribution in [0.15, 0.2) is 140 Å². The molecule has 1 heteroatoms. The third-order valence-electron chi connectivity index (χ3n) is 13.9. The number of rotatable bonds is 3. The number of benzene rings is 7. The van der Waals surface area contributed by atoms with E-state index in [9.17, 15) is 0 Å². The molecule has 0 saturated heterocycles. The first-order valence-electron chi connectivity index (χ1n) is 19.3. The van der Waals surface area contributed by atoms with Crippen molar-refractivity contribution in [1.82, 2.24) is 0 Å². The van der Waals surface area contributed by atoms with Crippen molar-refractivity contribution >= 4 is 27.8 Å². The predicted molar refractivity (Wildman–Crippen MR) is 225 cm³/mol. The van der Waals surface area contributed by atoms with Crippen LogP contribution in [-0.2, 0) is 21.7 Å². The van der Waals surface area contributed by atoms with Gasteiger partial charge >= 0.3 is 0 Å². The number of para-hydroxylation sites is 1. The average Bonchev–Trinajstić information content (AvgIpc) is 3.53. The quantitative estimate of drug-likeness (QED) is 0.179. The second kappa shape index (κ2) is 10.6. The zero-order chi connectivity index (χ0) is 36.7. The molecule has 260 valence electrons. The molecule has 0 aliphatic heterocycles. The van der Waals surface area contributed by atoms with Crippen LogP contribution in [0.25, 0.3) is 44.2 Å². The van der Waals surface area contributed by atoms with E-state index in [0.717, 1.165) is 5.69 Å². The summed E-state index contributed by atoms with van der Waals surface area (Å²) in [5.41, 5.74) is 20.0. The lowest BCUT2D eigenvalue weighted by atomic mass is 9.53. The van der Waals surface area contributed by atoms with Crippen LogP contribution in [0.4, 0.5) is 17.1 Å². The van der Waals surface area contributed by atoms with Gasteiger partial charge in [0.2, 0.25) is 0 Å². The molecule has 0 N–H and O–H groups in total. The van der Waals surface area contributed by atoms with E-state index in [0.29, 0.717) is 0 Å². The highest BCUT2D eigenvalue weighted by molar-refractivity contribution is 6.10. The molecule has 0 spiro atoms. The van der Waals surface area contributed by atoms with Gasteiger partial charge in [-0.15, -0.1) is 0 Å². The van der Waals surface area contributed by atoms with Gasteiger partial charge in [0.05, 0.1) is 0 Å². The molecule has 7 aromatic carbocycles. The Labute approximate surface area is 315 Å². The second-order valence-electron chi connectivity index (χ2n) is 17.8. The maximum absolute atomic E-state index is 2.51. The van der Waals surface area contributed by atoms with E-state index in [2.05, 4.69) is 200 Å². The van der Waals surface area contributed by atoms with E-state index in [4.69, 9.17) is 0 Å². The SMILES string of the molecule is CC1(C)c2ccccc2-c2ccc(N(c3ccccc3)c3ccc4c(c3)C(C)(C)c3c-4c4c(c5ccccc35)-c3ccccc3C(C)(C)C4(C)C)cc21. The summed E-state index contributed by atoms with van der Waals surface area (Å²) in [5, 5.41) is 2.74. The Morgan fingerprint density at radius 1 is 0.340 bits per heavy atom. The number of anilines is 3. The zero-order valence-corrected chi connectivity index (χ0v) is 32.2. The van der Waals surface area contributed by atoms with Gasteiger partial charge in [0, 0.05) is 33.3 Å². The highest BCUT2D eigenvalue weighted by atomic mass is 15.1. The molecule has 1 nitrogen and oxygen atoms in total. The molecule has 0 saturated carbocycles. The van der Waals surface area contributed by atoms with E-state index in [1.807, 2.05) is 0 Å². The maximum Gasteiger partial charge on any atom is 0.0465 e. The fourth-order valence-corrected chi connectivity index (χ4v) is 10.6.